The molecule has 0 amide bonds. The highest BCUT2D eigenvalue weighted by atomic mass is 19.3. The first-order chi connectivity index (χ1) is 17.3. The summed E-state index contributed by atoms with van der Waals surface area (Å²) in [4.78, 5) is 18.7. The third-order valence-corrected chi connectivity index (χ3v) is 6.94. The second kappa shape index (κ2) is 11.5. The Balaban J connectivity index is 1.27. The van der Waals surface area contributed by atoms with Gasteiger partial charge in [-0.25, -0.2) is 13.8 Å². The van der Waals surface area contributed by atoms with Crippen LogP contribution in [0.3, 0.4) is 0 Å². The van der Waals surface area contributed by atoms with Gasteiger partial charge in [0.15, 0.2) is 0 Å². The molecule has 1 aromatic carbocycles. The number of pyridine rings is 1. The average Bonchev–Trinajstić information content (AvgIpc) is 3.31. The minimum absolute atomic E-state index is 0.0665. The van der Waals surface area contributed by atoms with Gasteiger partial charge in [-0.2, -0.15) is 0 Å². The van der Waals surface area contributed by atoms with Gasteiger partial charge in [-0.05, 0) is 56.2 Å². The van der Waals surface area contributed by atoms with Crippen LogP contribution in [0.4, 0.5) is 14.6 Å². The number of ether oxygens (including phenoxy) is 2. The number of carbonyl (C=O) groups is 1. The van der Waals surface area contributed by atoms with Crippen molar-refractivity contribution in [1.29, 1.82) is 0 Å². The molecule has 36 heavy (non-hydrogen) atoms. The van der Waals surface area contributed by atoms with Crippen LogP contribution in [0, 0.1) is 0 Å². The first kappa shape index (κ1) is 26.3. The lowest BCUT2D eigenvalue weighted by Gasteiger charge is -2.26. The van der Waals surface area contributed by atoms with Crippen molar-refractivity contribution < 1.29 is 28.2 Å². The number of methoxy groups -OCH3 is 1. The number of rotatable bonds is 11. The van der Waals surface area contributed by atoms with E-state index in [0.29, 0.717) is 25.3 Å². The Hall–Kier alpha value is -2.78. The number of hydrogen-bond acceptors (Lipinski definition) is 6. The quantitative estimate of drug-likeness (QED) is 0.426. The smallest absolute Gasteiger partial charge is 0.325 e. The van der Waals surface area contributed by atoms with Crippen LogP contribution in [0.1, 0.15) is 61.0 Å². The van der Waals surface area contributed by atoms with E-state index in [-0.39, 0.29) is 17.4 Å². The van der Waals surface area contributed by atoms with Crippen molar-refractivity contribution in [2.75, 3.05) is 38.7 Å². The Labute approximate surface area is 210 Å². The summed E-state index contributed by atoms with van der Waals surface area (Å²) in [5, 5.41) is 13.3. The van der Waals surface area contributed by atoms with Crippen LogP contribution in [0.5, 0.6) is 5.75 Å². The normalized spacial score (nSPS) is 18.9. The molecule has 2 atom stereocenters. The summed E-state index contributed by atoms with van der Waals surface area (Å²) < 4.78 is 38.8. The monoisotopic (exact) mass is 503 g/mol. The van der Waals surface area contributed by atoms with Crippen LogP contribution in [0.15, 0.2) is 30.3 Å². The first-order valence-corrected chi connectivity index (χ1v) is 12.6. The zero-order valence-electron chi connectivity index (χ0n) is 20.9. The number of aliphatic carboxylic acids is 1. The molecule has 4 rings (SSSR count). The van der Waals surface area contributed by atoms with E-state index in [1.807, 2.05) is 4.90 Å². The van der Waals surface area contributed by atoms with E-state index in [4.69, 9.17) is 14.5 Å². The molecule has 3 heterocycles. The molecule has 1 saturated heterocycles. The number of hydrogen-bond donors (Lipinski definition) is 2. The Bertz CT molecular complexity index is 1060. The summed E-state index contributed by atoms with van der Waals surface area (Å²) in [6.45, 7) is 3.39. The van der Waals surface area contributed by atoms with Crippen LogP contribution in [-0.4, -0.2) is 60.4 Å². The average molecular weight is 504 g/mol. The number of benzene rings is 1. The number of fused-ring (bicyclic) bond motifs is 1. The maximum Gasteiger partial charge on any atom is 0.325 e. The largest absolute Gasteiger partial charge is 0.496 e. The van der Waals surface area contributed by atoms with Gasteiger partial charge in [0.05, 0.1) is 13.2 Å². The molecule has 2 aliphatic heterocycles. The molecule has 0 aliphatic carbocycles. The first-order valence-electron chi connectivity index (χ1n) is 12.6. The molecule has 0 unspecified atom stereocenters. The predicted molar refractivity (Wildman–Crippen MR) is 133 cm³/mol. The number of carboxylic acid groups (broad SMARTS) is 1. The summed E-state index contributed by atoms with van der Waals surface area (Å²) in [5.41, 5.74) is 2.53. The zero-order valence-corrected chi connectivity index (χ0v) is 20.9. The van der Waals surface area contributed by atoms with Gasteiger partial charge in [0.1, 0.15) is 17.6 Å². The van der Waals surface area contributed by atoms with E-state index < -0.39 is 17.9 Å². The molecule has 7 nitrogen and oxygen atoms in total. The number of likely N-dealkylation sites (tertiary alicyclic amines) is 1. The van der Waals surface area contributed by atoms with Gasteiger partial charge in [-0.1, -0.05) is 18.2 Å². The van der Waals surface area contributed by atoms with Crippen molar-refractivity contribution in [3.8, 4) is 5.75 Å². The van der Waals surface area contributed by atoms with E-state index in [1.54, 1.807) is 0 Å². The molecule has 9 heteroatoms. The highest BCUT2D eigenvalue weighted by Crippen LogP contribution is 2.37. The number of aromatic nitrogens is 1. The topological polar surface area (TPSA) is 83.9 Å². The Morgan fingerprint density at radius 3 is 2.89 bits per heavy atom. The molecule has 2 aliphatic rings. The SMILES string of the molecule is COc1cc(C(C)(F)F)ccc1[C@H](C(=O)O)N1CC[C@@H](OCCCCc2ccc3c(n2)NCCC3)C1. The van der Waals surface area contributed by atoms with E-state index in [1.165, 1.54) is 30.9 Å². The number of anilines is 1. The van der Waals surface area contributed by atoms with Crippen molar-refractivity contribution in [2.24, 2.45) is 0 Å². The van der Waals surface area contributed by atoms with Gasteiger partial charge in [-0.15, -0.1) is 0 Å². The maximum absolute atomic E-state index is 13.7. The van der Waals surface area contributed by atoms with Gasteiger partial charge in [-0.3, -0.25) is 9.69 Å². The summed E-state index contributed by atoms with van der Waals surface area (Å²) in [5.74, 6) is -2.92. The predicted octanol–water partition coefficient (Wildman–Crippen LogP) is 4.80. The lowest BCUT2D eigenvalue weighted by atomic mass is 10.00. The highest BCUT2D eigenvalue weighted by molar-refractivity contribution is 5.77. The highest BCUT2D eigenvalue weighted by Gasteiger charge is 2.36. The van der Waals surface area contributed by atoms with Crippen molar-refractivity contribution >= 4 is 11.8 Å². The molecule has 0 spiro atoms. The summed E-state index contributed by atoms with van der Waals surface area (Å²) in [7, 11) is 1.36. The summed E-state index contributed by atoms with van der Waals surface area (Å²) in [6, 6.07) is 7.21. The van der Waals surface area contributed by atoms with E-state index in [0.717, 1.165) is 63.5 Å². The van der Waals surface area contributed by atoms with Crippen LogP contribution in [0.2, 0.25) is 0 Å². The van der Waals surface area contributed by atoms with Gasteiger partial charge >= 0.3 is 5.97 Å². The van der Waals surface area contributed by atoms with Gasteiger partial charge < -0.3 is 19.9 Å². The van der Waals surface area contributed by atoms with Gasteiger partial charge in [0.25, 0.3) is 5.92 Å². The van der Waals surface area contributed by atoms with Crippen molar-refractivity contribution in [3.63, 3.8) is 0 Å². The van der Waals surface area contributed by atoms with Gasteiger partial charge in [0, 0.05) is 50.0 Å². The maximum atomic E-state index is 13.7. The fraction of sp³-hybridized carbons (Fsp3) is 0.556. The lowest BCUT2D eigenvalue weighted by Crippen LogP contribution is -2.34. The van der Waals surface area contributed by atoms with Crippen LogP contribution in [-0.2, 0) is 28.3 Å². The zero-order chi connectivity index (χ0) is 25.7. The third-order valence-electron chi connectivity index (χ3n) is 6.94. The summed E-state index contributed by atoms with van der Waals surface area (Å²) >= 11 is 0. The molecular weight excluding hydrogens is 468 g/mol. The number of carboxylic acids is 1. The molecule has 2 N–H and O–H groups in total. The molecule has 196 valence electrons. The Morgan fingerprint density at radius 1 is 1.31 bits per heavy atom. The number of aryl methyl sites for hydroxylation is 2. The van der Waals surface area contributed by atoms with Crippen molar-refractivity contribution in [2.45, 2.75) is 63.5 Å². The minimum atomic E-state index is -3.04. The fourth-order valence-corrected chi connectivity index (χ4v) is 4.99. The number of alkyl halides is 2. The van der Waals surface area contributed by atoms with Gasteiger partial charge in [0.2, 0.25) is 0 Å². The van der Waals surface area contributed by atoms with E-state index in [9.17, 15) is 18.7 Å². The van der Waals surface area contributed by atoms with Crippen molar-refractivity contribution in [1.82, 2.24) is 9.88 Å². The number of nitrogens with zero attached hydrogens (tertiary/aromatic N) is 2. The summed E-state index contributed by atoms with van der Waals surface area (Å²) in [6.07, 6.45) is 5.63. The van der Waals surface area contributed by atoms with E-state index >= 15 is 0 Å². The molecule has 0 saturated carbocycles. The minimum Gasteiger partial charge on any atom is -0.496 e. The molecule has 2 aromatic rings. The number of halogens is 2. The number of unbranched alkanes of at least 4 members (excludes halogenated alkanes) is 1. The molecule has 0 radical (unpaired) electrons. The van der Waals surface area contributed by atoms with E-state index in [2.05, 4.69) is 17.4 Å². The lowest BCUT2D eigenvalue weighted by molar-refractivity contribution is -0.143. The number of nitrogens with one attached hydrogen (secondary N) is 1. The van der Waals surface area contributed by atoms with Crippen molar-refractivity contribution in [3.05, 3.63) is 52.7 Å². The second-order valence-corrected chi connectivity index (χ2v) is 9.66. The molecular formula is C27H35F2N3O4. The van der Waals surface area contributed by atoms with Crippen LogP contribution < -0.4 is 10.1 Å². The Morgan fingerprint density at radius 2 is 2.14 bits per heavy atom. The fourth-order valence-electron chi connectivity index (χ4n) is 4.99. The molecule has 0 bridgehead atoms. The second-order valence-electron chi connectivity index (χ2n) is 9.66. The van der Waals surface area contributed by atoms with Crippen LogP contribution >= 0.6 is 0 Å². The molecule has 1 aromatic heterocycles. The third kappa shape index (κ3) is 6.31. The Kier molecular flexibility index (Phi) is 8.41. The standard InChI is InChI=1S/C27H35F2N3O4/c1-27(28,29)19-9-11-22(23(16-19)35-2)24(26(33)34)32-14-12-21(17-32)36-15-4-3-7-20-10-8-18-6-5-13-30-25(18)31-20/h8-11,16,21,24H,3-7,12-15,17H2,1-2H3,(H,30,31)(H,33,34)/t21-,24-/m1/s1. The molecule has 1 fully saturated rings. The van der Waals surface area contributed by atoms with Crippen LogP contribution in [0.25, 0.3) is 0 Å².